The first kappa shape index (κ1) is 17.3. The average Bonchev–Trinajstić information content (AvgIpc) is 2.70. The Morgan fingerprint density at radius 1 is 1.22 bits per heavy atom. The number of hydrogen-bond donors (Lipinski definition) is 2. The van der Waals surface area contributed by atoms with Crippen molar-refractivity contribution in [3.8, 4) is 0 Å². The third-order valence-electron chi connectivity index (χ3n) is 3.74. The maximum Gasteiger partial charge on any atom is 0.232 e. The third kappa shape index (κ3) is 4.48. The van der Waals surface area contributed by atoms with Gasteiger partial charge in [0.05, 0.1) is 17.1 Å². The maximum absolute atomic E-state index is 11.8. The number of anilines is 2. The van der Waals surface area contributed by atoms with Gasteiger partial charge in [0.25, 0.3) is 0 Å². The van der Waals surface area contributed by atoms with Crippen molar-refractivity contribution in [2.24, 2.45) is 7.05 Å². The number of nitrogens with one attached hydrogen (secondary N) is 2. The van der Waals surface area contributed by atoms with Gasteiger partial charge in [-0.25, -0.2) is 8.42 Å². The van der Waals surface area contributed by atoms with Gasteiger partial charge < -0.3 is 5.32 Å². The zero-order chi connectivity index (χ0) is 17.0. The zero-order valence-corrected chi connectivity index (χ0v) is 14.9. The van der Waals surface area contributed by atoms with Crippen LogP contribution in [0.4, 0.5) is 11.4 Å². The molecule has 0 unspecified atom stereocenters. The summed E-state index contributed by atoms with van der Waals surface area (Å²) in [4.78, 5) is 0. The molecule has 0 atom stereocenters. The Labute approximate surface area is 138 Å². The molecule has 0 saturated heterocycles. The van der Waals surface area contributed by atoms with Crippen LogP contribution in [0.1, 0.15) is 30.3 Å². The van der Waals surface area contributed by atoms with Crippen LogP contribution in [0, 0.1) is 13.8 Å². The summed E-state index contributed by atoms with van der Waals surface area (Å²) in [6.45, 7) is 6.51. The van der Waals surface area contributed by atoms with Gasteiger partial charge in [-0.05, 0) is 38.5 Å². The monoisotopic (exact) mass is 336 g/mol. The fourth-order valence-electron chi connectivity index (χ4n) is 2.46. The number of hydrogen-bond acceptors (Lipinski definition) is 4. The predicted octanol–water partition coefficient (Wildman–Crippen LogP) is 2.80. The van der Waals surface area contributed by atoms with Gasteiger partial charge in [-0.3, -0.25) is 9.40 Å². The van der Waals surface area contributed by atoms with Crippen molar-refractivity contribution in [1.82, 2.24) is 9.78 Å². The number of aromatic nitrogens is 2. The fourth-order valence-corrected chi connectivity index (χ4v) is 3.58. The molecule has 126 valence electrons. The van der Waals surface area contributed by atoms with Gasteiger partial charge in [0.15, 0.2) is 0 Å². The predicted molar refractivity (Wildman–Crippen MR) is 94.2 cm³/mol. The van der Waals surface area contributed by atoms with Crippen LogP contribution in [0.25, 0.3) is 0 Å². The molecule has 0 aliphatic carbocycles. The molecule has 2 aromatic rings. The smallest absolute Gasteiger partial charge is 0.232 e. The molecule has 6 nitrogen and oxygen atoms in total. The largest absolute Gasteiger partial charge is 0.381 e. The van der Waals surface area contributed by atoms with Gasteiger partial charge >= 0.3 is 0 Å². The Morgan fingerprint density at radius 3 is 2.52 bits per heavy atom. The van der Waals surface area contributed by atoms with Crippen LogP contribution < -0.4 is 10.0 Å². The van der Waals surface area contributed by atoms with Gasteiger partial charge in [-0.15, -0.1) is 0 Å². The molecule has 2 rings (SSSR count). The molecule has 0 fully saturated rings. The van der Waals surface area contributed by atoms with Crippen LogP contribution in [0.2, 0.25) is 0 Å². The van der Waals surface area contributed by atoms with Crippen molar-refractivity contribution in [3.05, 3.63) is 41.2 Å². The van der Waals surface area contributed by atoms with Crippen LogP contribution in [0.15, 0.2) is 24.3 Å². The molecule has 2 N–H and O–H groups in total. The first-order valence-electron chi connectivity index (χ1n) is 7.66. The minimum atomic E-state index is -3.27. The van der Waals surface area contributed by atoms with E-state index in [0.717, 1.165) is 22.6 Å². The van der Waals surface area contributed by atoms with Gasteiger partial charge in [0.2, 0.25) is 10.0 Å². The highest BCUT2D eigenvalue weighted by molar-refractivity contribution is 7.92. The van der Waals surface area contributed by atoms with Crippen molar-refractivity contribution in [2.45, 2.75) is 33.7 Å². The number of nitrogens with zero attached hydrogens (tertiary/aromatic N) is 2. The quantitative estimate of drug-likeness (QED) is 0.815. The summed E-state index contributed by atoms with van der Waals surface area (Å²) in [6.07, 6.45) is 0.590. The molecule has 0 aliphatic heterocycles. The Bertz CT molecular complexity index is 781. The highest BCUT2D eigenvalue weighted by atomic mass is 32.2. The van der Waals surface area contributed by atoms with Crippen LogP contribution in [0.5, 0.6) is 0 Å². The van der Waals surface area contributed by atoms with E-state index in [4.69, 9.17) is 0 Å². The lowest BCUT2D eigenvalue weighted by Gasteiger charge is -2.11. The van der Waals surface area contributed by atoms with Crippen LogP contribution >= 0.6 is 0 Å². The van der Waals surface area contributed by atoms with Crippen molar-refractivity contribution in [3.63, 3.8) is 0 Å². The Hall–Kier alpha value is -2.02. The molecule has 0 saturated carbocycles. The van der Waals surface area contributed by atoms with Gasteiger partial charge in [0, 0.05) is 30.5 Å². The number of aryl methyl sites for hydroxylation is 2. The molecule has 1 heterocycles. The van der Waals surface area contributed by atoms with E-state index in [1.54, 1.807) is 12.1 Å². The molecular weight excluding hydrogens is 312 g/mol. The van der Waals surface area contributed by atoms with E-state index in [0.29, 0.717) is 18.7 Å². The van der Waals surface area contributed by atoms with Gasteiger partial charge in [-0.2, -0.15) is 5.10 Å². The van der Waals surface area contributed by atoms with Crippen molar-refractivity contribution in [1.29, 1.82) is 0 Å². The summed E-state index contributed by atoms with van der Waals surface area (Å²) in [5.74, 6) is 0.124. The third-order valence-corrected chi connectivity index (χ3v) is 5.23. The van der Waals surface area contributed by atoms with Gasteiger partial charge in [-0.1, -0.05) is 13.0 Å². The molecule has 0 amide bonds. The first-order valence-corrected chi connectivity index (χ1v) is 9.31. The minimum Gasteiger partial charge on any atom is -0.381 e. The average molecular weight is 336 g/mol. The molecule has 0 spiro atoms. The zero-order valence-electron chi connectivity index (χ0n) is 14.0. The van der Waals surface area contributed by atoms with E-state index in [9.17, 15) is 8.42 Å². The molecule has 0 aliphatic rings. The molecule has 0 bridgehead atoms. The molecule has 1 aromatic carbocycles. The van der Waals surface area contributed by atoms with Gasteiger partial charge in [0.1, 0.15) is 0 Å². The van der Waals surface area contributed by atoms with E-state index in [2.05, 4.69) is 15.1 Å². The lowest BCUT2D eigenvalue weighted by molar-refractivity contribution is 0.600. The molecule has 1 aromatic heterocycles. The Morgan fingerprint density at radius 2 is 1.91 bits per heavy atom. The van der Waals surface area contributed by atoms with Crippen molar-refractivity contribution in [2.75, 3.05) is 15.8 Å². The normalized spacial score (nSPS) is 11.5. The molecule has 0 radical (unpaired) electrons. The van der Waals surface area contributed by atoms with E-state index in [1.165, 1.54) is 0 Å². The SMILES string of the molecule is CCCS(=O)(=O)Nc1cccc(NCc2c(C)nn(C)c2C)c1. The lowest BCUT2D eigenvalue weighted by atomic mass is 10.2. The first-order chi connectivity index (χ1) is 10.8. The van der Waals surface area contributed by atoms with Crippen LogP contribution in [-0.2, 0) is 23.6 Å². The second-order valence-corrected chi connectivity index (χ2v) is 7.47. The summed E-state index contributed by atoms with van der Waals surface area (Å²) in [5.41, 5.74) is 4.71. The maximum atomic E-state index is 11.8. The number of rotatable bonds is 7. The van der Waals surface area contributed by atoms with Crippen molar-refractivity contribution < 1.29 is 8.42 Å². The van der Waals surface area contributed by atoms with E-state index < -0.39 is 10.0 Å². The minimum absolute atomic E-state index is 0.124. The van der Waals surface area contributed by atoms with E-state index in [1.807, 2.05) is 44.6 Å². The highest BCUT2D eigenvalue weighted by Gasteiger charge is 2.10. The molecule has 23 heavy (non-hydrogen) atoms. The Kier molecular flexibility index (Phi) is 5.30. The number of benzene rings is 1. The van der Waals surface area contributed by atoms with Crippen LogP contribution in [-0.4, -0.2) is 24.0 Å². The summed E-state index contributed by atoms with van der Waals surface area (Å²) in [6, 6.07) is 7.29. The van der Waals surface area contributed by atoms with Crippen molar-refractivity contribution >= 4 is 21.4 Å². The standard InChI is InChI=1S/C16H24N4O2S/c1-5-9-23(21,22)19-15-8-6-7-14(10-15)17-11-16-12(2)18-20(4)13(16)3/h6-8,10,17,19H,5,9,11H2,1-4H3. The molecular formula is C16H24N4O2S. The van der Waals surface area contributed by atoms with Crippen LogP contribution in [0.3, 0.4) is 0 Å². The van der Waals surface area contributed by atoms with E-state index in [-0.39, 0.29) is 5.75 Å². The van der Waals surface area contributed by atoms with E-state index >= 15 is 0 Å². The summed E-state index contributed by atoms with van der Waals surface area (Å²) >= 11 is 0. The topological polar surface area (TPSA) is 76.0 Å². The number of sulfonamides is 1. The molecule has 7 heteroatoms. The fraction of sp³-hybridized carbons (Fsp3) is 0.438. The Balaban J connectivity index is 2.08. The second-order valence-electron chi connectivity index (χ2n) is 5.63. The highest BCUT2D eigenvalue weighted by Crippen LogP contribution is 2.19. The second kappa shape index (κ2) is 7.04. The summed E-state index contributed by atoms with van der Waals surface area (Å²) < 4.78 is 28.1. The summed E-state index contributed by atoms with van der Waals surface area (Å²) in [7, 11) is -1.34. The summed E-state index contributed by atoms with van der Waals surface area (Å²) in [5, 5.41) is 7.72. The lowest BCUT2D eigenvalue weighted by Crippen LogP contribution is -2.16.